The summed E-state index contributed by atoms with van der Waals surface area (Å²) in [5.41, 5.74) is 0.122. The minimum Gasteiger partial charge on any atom is -0.550 e. The number of nitrogens with one attached hydrogen (secondary N) is 1. The molecule has 0 saturated heterocycles. The van der Waals surface area contributed by atoms with E-state index in [0.29, 0.717) is 0 Å². The highest BCUT2D eigenvalue weighted by Crippen LogP contribution is 1.98. The molecule has 7 heteroatoms. The fourth-order valence-corrected chi connectivity index (χ4v) is 1.10. The summed E-state index contributed by atoms with van der Waals surface area (Å²) in [5.74, 6) is -4.02. The molecule has 0 radical (unpaired) electrons. The van der Waals surface area contributed by atoms with Crippen LogP contribution in [0, 0.1) is 0 Å². The molecule has 0 aromatic carbocycles. The predicted octanol–water partition coefficient (Wildman–Crippen LogP) is -2.93. The van der Waals surface area contributed by atoms with Gasteiger partial charge in [-0.1, -0.05) is 0 Å². The highest BCUT2D eigenvalue weighted by molar-refractivity contribution is 5.96. The van der Waals surface area contributed by atoms with Crippen LogP contribution in [0.15, 0.2) is 24.5 Å². The minimum absolute atomic E-state index is 0.122. The molecule has 0 spiro atoms. The van der Waals surface area contributed by atoms with Gasteiger partial charge in [0.2, 0.25) is 0 Å². The van der Waals surface area contributed by atoms with Gasteiger partial charge in [0.15, 0.2) is 0 Å². The molecule has 0 aliphatic heterocycles. The molecule has 0 aliphatic rings. The van der Waals surface area contributed by atoms with Crippen LogP contribution in [0.4, 0.5) is 0 Å². The number of hydrogen-bond acceptors (Lipinski definition) is 6. The summed E-state index contributed by atoms with van der Waals surface area (Å²) in [5, 5.41) is 22.8. The number of hydrogen-bond donors (Lipinski definition) is 1. The van der Waals surface area contributed by atoms with Crippen LogP contribution in [0.25, 0.3) is 0 Å². The largest absolute Gasteiger partial charge is 0.550 e. The lowest BCUT2D eigenvalue weighted by Gasteiger charge is -2.19. The number of carbonyl (C=O) groups is 3. The summed E-state index contributed by atoms with van der Waals surface area (Å²) in [6.07, 6.45) is 1.81. The van der Waals surface area contributed by atoms with E-state index >= 15 is 0 Å². The number of pyridine rings is 1. The lowest BCUT2D eigenvalue weighted by Crippen LogP contribution is -2.50. The Hall–Kier alpha value is -2.44. The van der Waals surface area contributed by atoms with E-state index in [1.807, 2.05) is 5.32 Å². The lowest BCUT2D eigenvalue weighted by atomic mass is 10.2. The normalized spacial score (nSPS) is 11.5. The molecule has 0 fully saturated rings. The van der Waals surface area contributed by atoms with Crippen LogP contribution in [0.1, 0.15) is 16.8 Å². The predicted molar refractivity (Wildman–Crippen MR) is 50.1 cm³/mol. The Kier molecular flexibility index (Phi) is 4.15. The number of amides is 1. The van der Waals surface area contributed by atoms with Gasteiger partial charge in [-0.25, -0.2) is 0 Å². The fourth-order valence-electron chi connectivity index (χ4n) is 1.10. The van der Waals surface area contributed by atoms with Crippen molar-refractivity contribution >= 4 is 17.8 Å². The Morgan fingerprint density at radius 2 is 2.06 bits per heavy atom. The van der Waals surface area contributed by atoms with Crippen molar-refractivity contribution in [1.29, 1.82) is 0 Å². The second-order valence-electron chi connectivity index (χ2n) is 3.16. The van der Waals surface area contributed by atoms with E-state index in [1.54, 1.807) is 0 Å². The Labute approximate surface area is 96.1 Å². The molecule has 0 saturated carbocycles. The first kappa shape index (κ1) is 12.6. The molecule has 1 N–H and O–H groups in total. The van der Waals surface area contributed by atoms with E-state index in [2.05, 4.69) is 4.98 Å². The van der Waals surface area contributed by atoms with Gasteiger partial charge in [0.25, 0.3) is 5.91 Å². The Morgan fingerprint density at radius 3 is 2.53 bits per heavy atom. The molecule has 1 heterocycles. The van der Waals surface area contributed by atoms with Gasteiger partial charge in [0.05, 0.1) is 17.6 Å². The van der Waals surface area contributed by atoms with Gasteiger partial charge < -0.3 is 25.1 Å². The molecule has 1 rings (SSSR count). The van der Waals surface area contributed by atoms with Crippen molar-refractivity contribution in [2.24, 2.45) is 0 Å². The summed E-state index contributed by atoms with van der Waals surface area (Å²) in [6, 6.07) is 1.27. The number of aromatic nitrogens is 1. The smallest absolute Gasteiger partial charge is 0.253 e. The van der Waals surface area contributed by atoms with Crippen molar-refractivity contribution in [1.82, 2.24) is 10.3 Å². The molecule has 7 nitrogen and oxygen atoms in total. The fraction of sp³-hybridized carbons (Fsp3) is 0.200. The highest BCUT2D eigenvalue weighted by atomic mass is 16.4. The number of carboxylic acid groups (broad SMARTS) is 2. The van der Waals surface area contributed by atoms with Crippen LogP contribution in [0.5, 0.6) is 0 Å². The Bertz CT molecular complexity index is 432. The third kappa shape index (κ3) is 3.90. The SMILES string of the molecule is O=C([O-])CC(NC(=O)c1cccnc1)C(=O)[O-]. The molecular formula is C10H8N2O5-2. The summed E-state index contributed by atoms with van der Waals surface area (Å²) >= 11 is 0. The summed E-state index contributed by atoms with van der Waals surface area (Å²) in [6.45, 7) is 0. The van der Waals surface area contributed by atoms with Crippen molar-refractivity contribution in [3.8, 4) is 0 Å². The van der Waals surface area contributed by atoms with Crippen molar-refractivity contribution in [3.05, 3.63) is 30.1 Å². The number of carboxylic acids is 2. The topological polar surface area (TPSA) is 122 Å². The maximum Gasteiger partial charge on any atom is 0.253 e. The van der Waals surface area contributed by atoms with Crippen LogP contribution in [-0.4, -0.2) is 28.9 Å². The first-order valence-electron chi connectivity index (χ1n) is 4.62. The van der Waals surface area contributed by atoms with E-state index in [0.717, 1.165) is 0 Å². The third-order valence-corrected chi connectivity index (χ3v) is 1.88. The number of nitrogens with zero attached hydrogens (tertiary/aromatic N) is 1. The van der Waals surface area contributed by atoms with Crippen LogP contribution in [0.2, 0.25) is 0 Å². The van der Waals surface area contributed by atoms with Gasteiger partial charge in [-0.3, -0.25) is 9.78 Å². The molecule has 0 aliphatic carbocycles. The minimum atomic E-state index is -1.69. The van der Waals surface area contributed by atoms with Gasteiger partial charge in [-0.05, 0) is 12.1 Å². The Morgan fingerprint density at radius 1 is 1.35 bits per heavy atom. The molecule has 1 aromatic rings. The van der Waals surface area contributed by atoms with E-state index in [9.17, 15) is 24.6 Å². The summed E-state index contributed by atoms with van der Waals surface area (Å²) in [4.78, 5) is 36.0. The van der Waals surface area contributed by atoms with Gasteiger partial charge in [0, 0.05) is 24.8 Å². The van der Waals surface area contributed by atoms with E-state index in [1.165, 1.54) is 24.5 Å². The number of carbonyl (C=O) groups excluding carboxylic acids is 3. The van der Waals surface area contributed by atoms with Crippen molar-refractivity contribution in [3.63, 3.8) is 0 Å². The van der Waals surface area contributed by atoms with Crippen molar-refractivity contribution < 1.29 is 24.6 Å². The van der Waals surface area contributed by atoms with Crippen LogP contribution in [0.3, 0.4) is 0 Å². The molecule has 1 unspecified atom stereocenters. The lowest BCUT2D eigenvalue weighted by molar-refractivity contribution is -0.317. The van der Waals surface area contributed by atoms with Gasteiger partial charge >= 0.3 is 0 Å². The van der Waals surface area contributed by atoms with E-state index in [-0.39, 0.29) is 5.56 Å². The quantitative estimate of drug-likeness (QED) is 0.584. The second kappa shape index (κ2) is 5.59. The number of aliphatic carboxylic acids is 2. The monoisotopic (exact) mass is 236 g/mol. The van der Waals surface area contributed by atoms with Gasteiger partial charge in [0.1, 0.15) is 0 Å². The van der Waals surface area contributed by atoms with Crippen LogP contribution < -0.4 is 15.5 Å². The third-order valence-electron chi connectivity index (χ3n) is 1.88. The van der Waals surface area contributed by atoms with Crippen LogP contribution in [-0.2, 0) is 9.59 Å². The molecule has 1 aromatic heterocycles. The van der Waals surface area contributed by atoms with Gasteiger partial charge in [-0.15, -0.1) is 0 Å². The zero-order valence-electron chi connectivity index (χ0n) is 8.58. The second-order valence-corrected chi connectivity index (χ2v) is 3.16. The summed E-state index contributed by atoms with van der Waals surface area (Å²) < 4.78 is 0. The first-order chi connectivity index (χ1) is 8.00. The molecule has 1 amide bonds. The molecule has 0 bridgehead atoms. The van der Waals surface area contributed by atoms with Crippen molar-refractivity contribution in [2.45, 2.75) is 12.5 Å². The number of rotatable bonds is 5. The maximum absolute atomic E-state index is 11.5. The standard InChI is InChI=1S/C10H10N2O5/c13-8(14)4-7(10(16)17)12-9(15)6-2-1-3-11-5-6/h1-3,5,7H,4H2,(H,12,15)(H,13,14)(H,16,17)/p-2. The average Bonchev–Trinajstić information content (AvgIpc) is 2.28. The molecule has 90 valence electrons. The Balaban J connectivity index is 2.71. The van der Waals surface area contributed by atoms with E-state index < -0.39 is 30.3 Å². The molecule has 17 heavy (non-hydrogen) atoms. The zero-order valence-corrected chi connectivity index (χ0v) is 8.58. The highest BCUT2D eigenvalue weighted by Gasteiger charge is 2.14. The maximum atomic E-state index is 11.5. The first-order valence-corrected chi connectivity index (χ1v) is 4.62. The van der Waals surface area contributed by atoms with E-state index in [4.69, 9.17) is 0 Å². The molecule has 1 atom stereocenters. The molecular weight excluding hydrogens is 228 g/mol. The van der Waals surface area contributed by atoms with Gasteiger partial charge in [-0.2, -0.15) is 0 Å². The van der Waals surface area contributed by atoms with Crippen molar-refractivity contribution in [2.75, 3.05) is 0 Å². The van der Waals surface area contributed by atoms with Crippen LogP contribution >= 0.6 is 0 Å². The zero-order chi connectivity index (χ0) is 12.8. The summed E-state index contributed by atoms with van der Waals surface area (Å²) in [7, 11) is 0. The average molecular weight is 236 g/mol.